The molecule has 0 aromatic heterocycles. The van der Waals surface area contributed by atoms with Crippen LogP contribution in [-0.4, -0.2) is 18.7 Å². The van der Waals surface area contributed by atoms with E-state index in [0.29, 0.717) is 6.42 Å². The molecule has 122 valence electrons. The molecule has 5 heteroatoms. The molecule has 0 heterocycles. The smallest absolute Gasteiger partial charge is 0.341 e. The number of carbonyl (C=O) groups excluding carboxylic acids is 1. The number of unbranched alkanes of at least 4 members (excludes halogenated alkanes) is 1. The number of ether oxygens (including phenoxy) is 2. The molecule has 1 saturated carbocycles. The van der Waals surface area contributed by atoms with Crippen LogP contribution < -0.4 is 4.74 Å². The van der Waals surface area contributed by atoms with Gasteiger partial charge in [0.2, 0.25) is 0 Å². The largest absolute Gasteiger partial charge is 0.487 e. The molecule has 0 saturated heterocycles. The maximum atomic E-state index is 14.0. The van der Waals surface area contributed by atoms with E-state index in [1.165, 1.54) is 0 Å². The van der Waals surface area contributed by atoms with Crippen molar-refractivity contribution in [1.29, 1.82) is 0 Å². The van der Waals surface area contributed by atoms with Crippen LogP contribution in [0, 0.1) is 11.6 Å². The Kier molecular flexibility index (Phi) is 6.16. The highest BCUT2D eigenvalue weighted by atomic mass is 19.1. The molecule has 22 heavy (non-hydrogen) atoms. The van der Waals surface area contributed by atoms with E-state index in [2.05, 4.69) is 0 Å². The summed E-state index contributed by atoms with van der Waals surface area (Å²) in [4.78, 5) is 11.7. The van der Waals surface area contributed by atoms with E-state index in [1.807, 2.05) is 6.92 Å². The molecule has 1 aliphatic rings. The number of esters is 1. The molecule has 0 bridgehead atoms. The Morgan fingerprint density at radius 3 is 2.59 bits per heavy atom. The van der Waals surface area contributed by atoms with Crippen molar-refractivity contribution in [3.8, 4) is 5.75 Å². The Labute approximate surface area is 129 Å². The summed E-state index contributed by atoms with van der Waals surface area (Å²) in [5.74, 6) is -2.51. The quantitative estimate of drug-likeness (QED) is 0.567. The molecule has 1 aliphatic carbocycles. The van der Waals surface area contributed by atoms with Crippen molar-refractivity contribution in [1.82, 2.24) is 0 Å². The Hall–Kier alpha value is -1.65. The van der Waals surface area contributed by atoms with Crippen molar-refractivity contribution in [2.24, 2.45) is 0 Å². The summed E-state index contributed by atoms with van der Waals surface area (Å²) in [6, 6.07) is 1.81. The van der Waals surface area contributed by atoms with Crippen LogP contribution in [0.3, 0.4) is 0 Å². The van der Waals surface area contributed by atoms with Gasteiger partial charge in [-0.05, 0) is 38.2 Å². The Morgan fingerprint density at radius 2 is 1.91 bits per heavy atom. The second-order valence-corrected chi connectivity index (χ2v) is 5.63. The van der Waals surface area contributed by atoms with E-state index in [1.54, 1.807) is 0 Å². The monoisotopic (exact) mass is 312 g/mol. The standard InChI is InChI=1S/C17H22F2O3/c1-2-3-9-21-17(20)13-10-15(19)16(11-14(13)18)22-12-7-5-4-6-8-12/h10-12H,2-9H2,1H3. The number of rotatable bonds is 6. The third kappa shape index (κ3) is 4.42. The molecule has 3 nitrogen and oxygen atoms in total. The van der Waals surface area contributed by atoms with Crippen LogP contribution in [0.5, 0.6) is 5.75 Å². The highest BCUT2D eigenvalue weighted by Crippen LogP contribution is 2.27. The van der Waals surface area contributed by atoms with E-state index >= 15 is 0 Å². The number of benzene rings is 1. The highest BCUT2D eigenvalue weighted by Gasteiger charge is 2.21. The highest BCUT2D eigenvalue weighted by molar-refractivity contribution is 5.89. The van der Waals surface area contributed by atoms with Crippen molar-refractivity contribution in [3.63, 3.8) is 0 Å². The fourth-order valence-corrected chi connectivity index (χ4v) is 2.52. The number of halogens is 2. The van der Waals surface area contributed by atoms with Gasteiger partial charge in [0.15, 0.2) is 11.6 Å². The minimum atomic E-state index is -0.839. The molecule has 0 radical (unpaired) electrons. The Morgan fingerprint density at radius 1 is 1.18 bits per heavy atom. The van der Waals surface area contributed by atoms with Crippen LogP contribution in [0.1, 0.15) is 62.2 Å². The topological polar surface area (TPSA) is 35.5 Å². The Balaban J connectivity index is 2.05. The van der Waals surface area contributed by atoms with Gasteiger partial charge >= 0.3 is 5.97 Å². The molecular weight excluding hydrogens is 290 g/mol. The van der Waals surface area contributed by atoms with Gasteiger partial charge in [-0.1, -0.05) is 19.8 Å². The van der Waals surface area contributed by atoms with E-state index in [9.17, 15) is 13.6 Å². The molecule has 0 aliphatic heterocycles. The van der Waals surface area contributed by atoms with Gasteiger partial charge in [0, 0.05) is 6.07 Å². The fourth-order valence-electron chi connectivity index (χ4n) is 2.52. The van der Waals surface area contributed by atoms with Crippen molar-refractivity contribution in [3.05, 3.63) is 29.3 Å². The van der Waals surface area contributed by atoms with E-state index in [4.69, 9.17) is 9.47 Å². The SMILES string of the molecule is CCCCOC(=O)c1cc(F)c(OC2CCCCC2)cc1F. The van der Waals surface area contributed by atoms with Gasteiger partial charge in [-0.2, -0.15) is 0 Å². The first-order valence-electron chi connectivity index (χ1n) is 7.94. The van der Waals surface area contributed by atoms with Gasteiger partial charge < -0.3 is 9.47 Å². The number of carbonyl (C=O) groups is 1. The lowest BCUT2D eigenvalue weighted by atomic mass is 9.98. The molecule has 2 rings (SSSR count). The molecule has 0 spiro atoms. The minimum Gasteiger partial charge on any atom is -0.487 e. The first-order valence-corrected chi connectivity index (χ1v) is 7.94. The zero-order chi connectivity index (χ0) is 15.9. The van der Waals surface area contributed by atoms with Crippen LogP contribution in [0.2, 0.25) is 0 Å². The van der Waals surface area contributed by atoms with Gasteiger partial charge in [-0.15, -0.1) is 0 Å². The van der Waals surface area contributed by atoms with Crippen LogP contribution in [0.25, 0.3) is 0 Å². The normalized spacial score (nSPS) is 15.6. The van der Waals surface area contributed by atoms with E-state index < -0.39 is 17.6 Å². The maximum Gasteiger partial charge on any atom is 0.341 e. The second-order valence-electron chi connectivity index (χ2n) is 5.63. The second kappa shape index (κ2) is 8.11. The molecule has 1 fully saturated rings. The molecule has 1 aromatic rings. The summed E-state index contributed by atoms with van der Waals surface area (Å²) >= 11 is 0. The summed E-state index contributed by atoms with van der Waals surface area (Å²) in [6.07, 6.45) is 6.40. The first-order chi connectivity index (χ1) is 10.6. The molecule has 0 N–H and O–H groups in total. The molecule has 1 aromatic carbocycles. The van der Waals surface area contributed by atoms with Crippen LogP contribution >= 0.6 is 0 Å². The molecule has 0 amide bonds. The van der Waals surface area contributed by atoms with Crippen LogP contribution in [0.15, 0.2) is 12.1 Å². The Bertz CT molecular complexity index is 511. The first kappa shape index (κ1) is 16.7. The average Bonchev–Trinajstić information content (AvgIpc) is 2.51. The molecule has 0 atom stereocenters. The van der Waals surface area contributed by atoms with Gasteiger partial charge in [0.25, 0.3) is 0 Å². The summed E-state index contributed by atoms with van der Waals surface area (Å²) in [6.45, 7) is 2.15. The van der Waals surface area contributed by atoms with Crippen molar-refractivity contribution in [2.45, 2.75) is 58.0 Å². The maximum absolute atomic E-state index is 14.0. The zero-order valence-corrected chi connectivity index (χ0v) is 12.9. The molecular formula is C17H22F2O3. The fraction of sp³-hybridized carbons (Fsp3) is 0.588. The third-order valence-electron chi connectivity index (χ3n) is 3.82. The third-order valence-corrected chi connectivity index (χ3v) is 3.82. The van der Waals surface area contributed by atoms with E-state index in [0.717, 1.165) is 50.7 Å². The average molecular weight is 312 g/mol. The predicted molar refractivity (Wildman–Crippen MR) is 79.0 cm³/mol. The summed E-state index contributed by atoms with van der Waals surface area (Å²) in [5.41, 5.74) is -0.385. The summed E-state index contributed by atoms with van der Waals surface area (Å²) in [5, 5.41) is 0. The van der Waals surface area contributed by atoms with Crippen molar-refractivity contribution >= 4 is 5.97 Å². The lowest BCUT2D eigenvalue weighted by Crippen LogP contribution is -2.20. The lowest BCUT2D eigenvalue weighted by Gasteiger charge is -2.23. The molecule has 0 unspecified atom stereocenters. The van der Waals surface area contributed by atoms with Crippen molar-refractivity contribution in [2.75, 3.05) is 6.61 Å². The van der Waals surface area contributed by atoms with E-state index in [-0.39, 0.29) is 24.0 Å². The van der Waals surface area contributed by atoms with Gasteiger partial charge in [0.1, 0.15) is 5.82 Å². The van der Waals surface area contributed by atoms with Gasteiger partial charge in [0.05, 0.1) is 18.3 Å². The summed E-state index contributed by atoms with van der Waals surface area (Å²) in [7, 11) is 0. The number of hydrogen-bond donors (Lipinski definition) is 0. The minimum absolute atomic E-state index is 0.0787. The van der Waals surface area contributed by atoms with Crippen LogP contribution in [-0.2, 0) is 4.74 Å². The predicted octanol–water partition coefficient (Wildman–Crippen LogP) is 4.63. The zero-order valence-electron chi connectivity index (χ0n) is 12.9. The number of hydrogen-bond acceptors (Lipinski definition) is 3. The van der Waals surface area contributed by atoms with Gasteiger partial charge in [-0.3, -0.25) is 0 Å². The van der Waals surface area contributed by atoms with Crippen LogP contribution in [0.4, 0.5) is 8.78 Å². The van der Waals surface area contributed by atoms with Gasteiger partial charge in [-0.25, -0.2) is 13.6 Å². The van der Waals surface area contributed by atoms with Crippen molar-refractivity contribution < 1.29 is 23.0 Å². The lowest BCUT2D eigenvalue weighted by molar-refractivity contribution is 0.0493. The summed E-state index contributed by atoms with van der Waals surface area (Å²) < 4.78 is 38.5.